The lowest BCUT2D eigenvalue weighted by Gasteiger charge is -2.04. The van der Waals surface area contributed by atoms with E-state index in [1.165, 1.54) is 18.2 Å². The minimum absolute atomic E-state index is 0.174. The first-order valence-corrected chi connectivity index (χ1v) is 5.06. The Balaban J connectivity index is 2.70. The Morgan fingerprint density at radius 1 is 1.44 bits per heavy atom. The second-order valence-corrected chi connectivity index (χ2v) is 3.41. The molecular weight excluding hydrogens is 229 g/mol. The van der Waals surface area contributed by atoms with Gasteiger partial charge >= 0.3 is 0 Å². The van der Waals surface area contributed by atoms with Gasteiger partial charge < -0.3 is 5.32 Å². The van der Waals surface area contributed by atoms with E-state index in [1.54, 1.807) is 18.2 Å². The van der Waals surface area contributed by atoms with Crippen molar-refractivity contribution in [2.24, 2.45) is 0 Å². The minimum atomic E-state index is -0.438. The van der Waals surface area contributed by atoms with Crippen LogP contribution in [0.1, 0.15) is 6.92 Å². The van der Waals surface area contributed by atoms with E-state index < -0.39 is 5.82 Å². The van der Waals surface area contributed by atoms with Gasteiger partial charge in [-0.3, -0.25) is 4.79 Å². The molecule has 0 bridgehead atoms. The van der Waals surface area contributed by atoms with E-state index in [2.05, 4.69) is 5.32 Å². The molecule has 0 aromatic heterocycles. The molecule has 0 radical (unpaired) electrons. The van der Waals surface area contributed by atoms with E-state index >= 15 is 0 Å². The molecule has 16 heavy (non-hydrogen) atoms. The van der Waals surface area contributed by atoms with Crippen molar-refractivity contribution < 1.29 is 9.18 Å². The predicted octanol–water partition coefficient (Wildman–Crippen LogP) is 3.55. The Morgan fingerprint density at radius 2 is 2.19 bits per heavy atom. The molecule has 0 heterocycles. The molecule has 0 saturated heterocycles. The monoisotopic (exact) mass is 239 g/mol. The van der Waals surface area contributed by atoms with E-state index in [-0.39, 0.29) is 10.9 Å². The zero-order valence-electron chi connectivity index (χ0n) is 8.71. The van der Waals surface area contributed by atoms with Crippen LogP contribution in [0.15, 0.2) is 42.5 Å². The van der Waals surface area contributed by atoms with Crippen LogP contribution in [0.5, 0.6) is 0 Å². The Morgan fingerprint density at radius 3 is 2.81 bits per heavy atom. The van der Waals surface area contributed by atoms with Gasteiger partial charge in [-0.1, -0.05) is 29.8 Å². The Kier molecular flexibility index (Phi) is 4.73. The second-order valence-electron chi connectivity index (χ2n) is 3.00. The van der Waals surface area contributed by atoms with Crippen molar-refractivity contribution >= 4 is 23.2 Å². The molecule has 0 atom stereocenters. The van der Waals surface area contributed by atoms with Crippen LogP contribution in [-0.4, -0.2) is 5.91 Å². The molecule has 2 nitrogen and oxygen atoms in total. The Labute approximate surface area is 98.4 Å². The molecule has 1 amide bonds. The van der Waals surface area contributed by atoms with Crippen LogP contribution in [0.25, 0.3) is 0 Å². The lowest BCUT2D eigenvalue weighted by molar-refractivity contribution is -0.111. The van der Waals surface area contributed by atoms with Crippen molar-refractivity contribution in [3.05, 3.63) is 53.3 Å². The molecule has 1 rings (SSSR count). The Bertz CT molecular complexity index is 441. The van der Waals surface area contributed by atoms with Gasteiger partial charge in [-0.15, -0.1) is 0 Å². The average Bonchev–Trinajstić information content (AvgIpc) is 2.23. The van der Waals surface area contributed by atoms with Crippen LogP contribution in [-0.2, 0) is 4.79 Å². The van der Waals surface area contributed by atoms with Crippen molar-refractivity contribution in [2.75, 3.05) is 5.32 Å². The summed E-state index contributed by atoms with van der Waals surface area (Å²) in [5.74, 6) is -0.751. The molecule has 0 aliphatic heterocycles. The summed E-state index contributed by atoms with van der Waals surface area (Å²) in [4.78, 5) is 11.3. The summed E-state index contributed by atoms with van der Waals surface area (Å²) in [5, 5.41) is 2.71. The minimum Gasteiger partial charge on any atom is -0.321 e. The first kappa shape index (κ1) is 12.5. The number of carbonyl (C=O) groups is 1. The second kappa shape index (κ2) is 6.08. The maximum Gasteiger partial charge on any atom is 0.248 e. The molecule has 84 valence electrons. The topological polar surface area (TPSA) is 29.1 Å². The molecule has 0 saturated carbocycles. The van der Waals surface area contributed by atoms with Crippen molar-refractivity contribution in [1.82, 2.24) is 0 Å². The highest BCUT2D eigenvalue weighted by Crippen LogP contribution is 2.22. The van der Waals surface area contributed by atoms with Crippen LogP contribution in [0, 0.1) is 5.82 Å². The normalized spacial score (nSPS) is 11.2. The first-order chi connectivity index (χ1) is 7.63. The quantitative estimate of drug-likeness (QED) is 0.634. The van der Waals surface area contributed by atoms with Gasteiger partial charge in [0.2, 0.25) is 5.91 Å². The van der Waals surface area contributed by atoms with Crippen molar-refractivity contribution in [2.45, 2.75) is 6.92 Å². The number of nitrogens with one attached hydrogen (secondary N) is 1. The average molecular weight is 240 g/mol. The summed E-state index contributed by atoms with van der Waals surface area (Å²) in [6.45, 7) is 1.85. The highest BCUT2D eigenvalue weighted by Gasteiger charge is 2.03. The zero-order chi connectivity index (χ0) is 12.0. The number of allylic oxidation sites excluding steroid dienone is 3. The van der Waals surface area contributed by atoms with Gasteiger partial charge in [-0.05, 0) is 25.1 Å². The third-order valence-corrected chi connectivity index (χ3v) is 2.05. The third kappa shape index (κ3) is 3.87. The van der Waals surface area contributed by atoms with Gasteiger partial charge in [0, 0.05) is 6.08 Å². The SMILES string of the molecule is CC=CC=CC(=O)Nc1ccc(F)cc1Cl. The third-order valence-electron chi connectivity index (χ3n) is 1.74. The molecule has 1 aromatic rings. The van der Waals surface area contributed by atoms with E-state index in [0.717, 1.165) is 6.07 Å². The van der Waals surface area contributed by atoms with Crippen LogP contribution < -0.4 is 5.32 Å². The molecule has 0 unspecified atom stereocenters. The van der Waals surface area contributed by atoms with Gasteiger partial charge in [-0.25, -0.2) is 4.39 Å². The molecule has 0 fully saturated rings. The van der Waals surface area contributed by atoms with Crippen LogP contribution in [0.2, 0.25) is 5.02 Å². The molecule has 1 aromatic carbocycles. The van der Waals surface area contributed by atoms with Crippen LogP contribution >= 0.6 is 11.6 Å². The first-order valence-electron chi connectivity index (χ1n) is 4.69. The highest BCUT2D eigenvalue weighted by molar-refractivity contribution is 6.33. The number of halogens is 2. The van der Waals surface area contributed by atoms with Crippen LogP contribution in [0.3, 0.4) is 0 Å². The van der Waals surface area contributed by atoms with Crippen LogP contribution in [0.4, 0.5) is 10.1 Å². The number of hydrogen-bond acceptors (Lipinski definition) is 1. The van der Waals surface area contributed by atoms with E-state index in [1.807, 2.05) is 6.92 Å². The lowest BCUT2D eigenvalue weighted by atomic mass is 10.3. The molecule has 0 aliphatic rings. The lowest BCUT2D eigenvalue weighted by Crippen LogP contribution is -2.08. The maximum atomic E-state index is 12.7. The van der Waals surface area contributed by atoms with Crippen molar-refractivity contribution in [3.8, 4) is 0 Å². The fourth-order valence-electron chi connectivity index (χ4n) is 1.02. The van der Waals surface area contributed by atoms with Gasteiger partial charge in [-0.2, -0.15) is 0 Å². The molecule has 0 spiro atoms. The van der Waals surface area contributed by atoms with Gasteiger partial charge in [0.25, 0.3) is 0 Å². The summed E-state index contributed by atoms with van der Waals surface area (Å²) >= 11 is 5.74. The van der Waals surface area contributed by atoms with E-state index in [9.17, 15) is 9.18 Å². The standard InChI is InChI=1S/C12H11ClFNO/c1-2-3-4-5-12(16)15-11-7-6-9(14)8-10(11)13/h2-8H,1H3,(H,15,16). The summed E-state index contributed by atoms with van der Waals surface area (Å²) < 4.78 is 12.7. The summed E-state index contributed by atoms with van der Waals surface area (Å²) in [7, 11) is 0. The Hall–Kier alpha value is -1.61. The van der Waals surface area contributed by atoms with Gasteiger partial charge in [0.05, 0.1) is 10.7 Å². The highest BCUT2D eigenvalue weighted by atomic mass is 35.5. The van der Waals surface area contributed by atoms with Gasteiger partial charge in [0.1, 0.15) is 5.82 Å². The number of anilines is 1. The summed E-state index contributed by atoms with van der Waals surface area (Å²) in [6.07, 6.45) is 6.49. The fraction of sp³-hybridized carbons (Fsp3) is 0.0833. The smallest absolute Gasteiger partial charge is 0.248 e. The van der Waals surface area contributed by atoms with E-state index in [4.69, 9.17) is 11.6 Å². The number of carbonyl (C=O) groups excluding carboxylic acids is 1. The van der Waals surface area contributed by atoms with E-state index in [0.29, 0.717) is 5.69 Å². The number of benzene rings is 1. The van der Waals surface area contributed by atoms with Gasteiger partial charge in [0.15, 0.2) is 0 Å². The van der Waals surface area contributed by atoms with Crippen molar-refractivity contribution in [3.63, 3.8) is 0 Å². The largest absolute Gasteiger partial charge is 0.321 e. The fourth-order valence-corrected chi connectivity index (χ4v) is 1.23. The van der Waals surface area contributed by atoms with Crippen molar-refractivity contribution in [1.29, 1.82) is 0 Å². The number of hydrogen-bond donors (Lipinski definition) is 1. The number of amides is 1. The predicted molar refractivity (Wildman–Crippen MR) is 64.0 cm³/mol. The maximum absolute atomic E-state index is 12.7. The molecule has 1 N–H and O–H groups in total. The number of rotatable bonds is 3. The summed E-state index contributed by atoms with van der Waals surface area (Å²) in [5.41, 5.74) is 0.387. The zero-order valence-corrected chi connectivity index (χ0v) is 9.46. The summed E-state index contributed by atoms with van der Waals surface area (Å²) in [6, 6.07) is 3.79. The molecule has 4 heteroatoms. The molecule has 0 aliphatic carbocycles. The molecular formula is C12H11ClFNO.